The van der Waals surface area contributed by atoms with Gasteiger partial charge in [-0.1, -0.05) is 47.4 Å². The molecule has 0 atom stereocenters. The van der Waals surface area contributed by atoms with E-state index in [1.165, 1.54) is 28.0 Å². The highest BCUT2D eigenvalue weighted by atomic mass is 32.2. The molecule has 1 amide bonds. The fourth-order valence-electron chi connectivity index (χ4n) is 2.11. The Balaban J connectivity index is 1.42. The lowest BCUT2D eigenvalue weighted by molar-refractivity contribution is -0.118. The maximum absolute atomic E-state index is 11.9. The predicted molar refractivity (Wildman–Crippen MR) is 106 cm³/mol. The highest BCUT2D eigenvalue weighted by Crippen LogP contribution is 2.28. The van der Waals surface area contributed by atoms with Crippen molar-refractivity contribution in [1.29, 1.82) is 0 Å². The summed E-state index contributed by atoms with van der Waals surface area (Å²) >= 11 is 4.57. The molecule has 0 saturated heterocycles. The van der Waals surface area contributed by atoms with Gasteiger partial charge in [-0.05, 0) is 36.4 Å². The van der Waals surface area contributed by atoms with Crippen molar-refractivity contribution in [2.24, 2.45) is 0 Å². The van der Waals surface area contributed by atoms with Crippen LogP contribution in [0, 0.1) is 6.92 Å². The number of nitrogens with one attached hydrogen (secondary N) is 2. The van der Waals surface area contributed by atoms with Crippen molar-refractivity contribution in [3.8, 4) is 0 Å². The van der Waals surface area contributed by atoms with Crippen molar-refractivity contribution in [3.63, 3.8) is 0 Å². The van der Waals surface area contributed by atoms with Gasteiger partial charge in [0.25, 0.3) is 0 Å². The van der Waals surface area contributed by atoms with Gasteiger partial charge in [0.2, 0.25) is 11.0 Å². The van der Waals surface area contributed by atoms with Gasteiger partial charge >= 0.3 is 0 Å². The largest absolute Gasteiger partial charge is 0.355 e. The molecular formula is C17H18N4OS3. The first-order chi connectivity index (χ1) is 12.2. The van der Waals surface area contributed by atoms with E-state index >= 15 is 0 Å². The number of aromatic nitrogens is 2. The third kappa shape index (κ3) is 5.55. The number of para-hydroxylation sites is 1. The number of aryl methyl sites for hydroxylation is 1. The van der Waals surface area contributed by atoms with Crippen LogP contribution in [0.4, 0.5) is 10.8 Å². The Labute approximate surface area is 158 Å². The van der Waals surface area contributed by atoms with E-state index in [9.17, 15) is 4.79 Å². The molecule has 0 spiro atoms. The number of hydrogen-bond donors (Lipinski definition) is 2. The number of thioether (sulfide) groups is 1. The molecule has 0 aliphatic carbocycles. The Bertz CT molecular complexity index is 817. The zero-order chi connectivity index (χ0) is 17.5. The normalized spacial score (nSPS) is 10.6. The molecule has 5 nitrogen and oxygen atoms in total. The molecule has 8 heteroatoms. The molecule has 25 heavy (non-hydrogen) atoms. The Morgan fingerprint density at radius 1 is 1.20 bits per heavy atom. The monoisotopic (exact) mass is 390 g/mol. The Kier molecular flexibility index (Phi) is 6.43. The third-order valence-corrected chi connectivity index (χ3v) is 6.30. The van der Waals surface area contributed by atoms with Crippen molar-refractivity contribution in [3.05, 3.63) is 52.2 Å². The Hall–Kier alpha value is -1.90. The molecular weight excluding hydrogens is 372 g/mol. The molecule has 1 aromatic carbocycles. The molecule has 0 bridgehead atoms. The van der Waals surface area contributed by atoms with Gasteiger partial charge < -0.3 is 10.6 Å². The lowest BCUT2D eigenvalue weighted by Gasteiger charge is -2.04. The number of nitrogens with zero attached hydrogens (tertiary/aromatic N) is 2. The minimum Gasteiger partial charge on any atom is -0.355 e. The maximum Gasteiger partial charge on any atom is 0.230 e. The van der Waals surface area contributed by atoms with Gasteiger partial charge in [-0.3, -0.25) is 4.79 Å². The molecule has 3 rings (SSSR count). The van der Waals surface area contributed by atoms with Crippen molar-refractivity contribution >= 4 is 51.2 Å². The summed E-state index contributed by atoms with van der Waals surface area (Å²) in [6, 6.07) is 12.1. The summed E-state index contributed by atoms with van der Waals surface area (Å²) in [4.78, 5) is 13.2. The Morgan fingerprint density at radius 3 is 2.88 bits per heavy atom. The number of rotatable bonds is 8. The first kappa shape index (κ1) is 17.9. The number of anilines is 2. The van der Waals surface area contributed by atoms with Crippen LogP contribution in [0.25, 0.3) is 0 Å². The molecule has 0 unspecified atom stereocenters. The van der Waals surface area contributed by atoms with Crippen LogP contribution in [-0.4, -0.2) is 28.4 Å². The van der Waals surface area contributed by atoms with Crippen LogP contribution in [0.15, 0.2) is 46.1 Å². The Morgan fingerprint density at radius 2 is 2.08 bits per heavy atom. The minimum atomic E-state index is 0.0187. The van der Waals surface area contributed by atoms with E-state index in [4.69, 9.17) is 0 Å². The summed E-state index contributed by atoms with van der Waals surface area (Å²) in [5.74, 6) is 0.369. The number of hydrogen-bond acceptors (Lipinski definition) is 7. The molecule has 3 aromatic rings. The standard InChI is InChI=1S/C17H18N4OS3/c1-12-5-2-3-7-14(12)19-16-20-21-17(25-16)24-11-15(22)18-9-8-13-6-4-10-23-13/h2-7,10H,8-9,11H2,1H3,(H,18,22)(H,19,20). The predicted octanol–water partition coefficient (Wildman–Crippen LogP) is 4.10. The average Bonchev–Trinajstić information content (AvgIpc) is 3.27. The van der Waals surface area contributed by atoms with Gasteiger partial charge in [0.05, 0.1) is 5.75 Å². The van der Waals surface area contributed by atoms with Crippen molar-refractivity contribution in [2.75, 3.05) is 17.6 Å². The summed E-state index contributed by atoms with van der Waals surface area (Å²) in [7, 11) is 0. The summed E-state index contributed by atoms with van der Waals surface area (Å²) in [6.45, 7) is 2.70. The van der Waals surface area contributed by atoms with Crippen LogP contribution < -0.4 is 10.6 Å². The SMILES string of the molecule is Cc1ccccc1Nc1nnc(SCC(=O)NCCc2cccs2)s1. The molecule has 2 heterocycles. The number of carbonyl (C=O) groups excluding carboxylic acids is 1. The maximum atomic E-state index is 11.9. The van der Waals surface area contributed by atoms with Crippen molar-refractivity contribution < 1.29 is 4.79 Å². The van der Waals surface area contributed by atoms with Gasteiger partial charge in [-0.2, -0.15) is 0 Å². The van der Waals surface area contributed by atoms with E-state index < -0.39 is 0 Å². The summed E-state index contributed by atoms with van der Waals surface area (Å²) in [5.41, 5.74) is 2.17. The number of amides is 1. The van der Waals surface area contributed by atoms with Gasteiger partial charge in [-0.15, -0.1) is 21.5 Å². The topological polar surface area (TPSA) is 66.9 Å². The van der Waals surface area contributed by atoms with E-state index in [1.54, 1.807) is 11.3 Å². The van der Waals surface area contributed by atoms with E-state index in [2.05, 4.69) is 26.9 Å². The van der Waals surface area contributed by atoms with Gasteiger partial charge in [0.1, 0.15) is 0 Å². The van der Waals surface area contributed by atoms with E-state index in [-0.39, 0.29) is 5.91 Å². The number of thiophene rings is 1. The summed E-state index contributed by atoms with van der Waals surface area (Å²) in [6.07, 6.45) is 0.872. The van der Waals surface area contributed by atoms with Gasteiger partial charge in [0, 0.05) is 17.1 Å². The van der Waals surface area contributed by atoms with Gasteiger partial charge in [-0.25, -0.2) is 0 Å². The van der Waals surface area contributed by atoms with Crippen LogP contribution >= 0.6 is 34.4 Å². The lowest BCUT2D eigenvalue weighted by Crippen LogP contribution is -2.27. The zero-order valence-corrected chi connectivity index (χ0v) is 16.1. The molecule has 2 aromatic heterocycles. The molecule has 0 aliphatic rings. The summed E-state index contributed by atoms with van der Waals surface area (Å²) < 4.78 is 0.782. The second-order valence-electron chi connectivity index (χ2n) is 5.28. The van der Waals surface area contributed by atoms with Crippen LogP contribution in [0.3, 0.4) is 0 Å². The molecule has 130 valence electrons. The second-order valence-corrected chi connectivity index (χ2v) is 8.51. The third-order valence-electron chi connectivity index (χ3n) is 3.39. The van der Waals surface area contributed by atoms with Crippen molar-refractivity contribution in [2.45, 2.75) is 17.7 Å². The second kappa shape index (κ2) is 8.98. The highest BCUT2D eigenvalue weighted by Gasteiger charge is 2.09. The minimum absolute atomic E-state index is 0.0187. The van der Waals surface area contributed by atoms with Crippen molar-refractivity contribution in [1.82, 2.24) is 15.5 Å². The number of benzene rings is 1. The number of carbonyl (C=O) groups is 1. The van der Waals surface area contributed by atoms with Crippen LogP contribution in [0.5, 0.6) is 0 Å². The molecule has 0 saturated carbocycles. The molecule has 0 radical (unpaired) electrons. The molecule has 0 fully saturated rings. The van der Waals surface area contributed by atoms with Crippen LogP contribution in [0.2, 0.25) is 0 Å². The summed E-state index contributed by atoms with van der Waals surface area (Å²) in [5, 5.41) is 17.2. The average molecular weight is 391 g/mol. The first-order valence-corrected chi connectivity index (χ1v) is 10.5. The zero-order valence-electron chi connectivity index (χ0n) is 13.7. The highest BCUT2D eigenvalue weighted by molar-refractivity contribution is 8.01. The first-order valence-electron chi connectivity index (χ1n) is 7.79. The molecule has 0 aliphatic heterocycles. The fourth-order valence-corrected chi connectivity index (χ4v) is 4.41. The quantitative estimate of drug-likeness (QED) is 0.567. The fraction of sp³-hybridized carbons (Fsp3) is 0.235. The van der Waals surface area contributed by atoms with E-state index in [0.29, 0.717) is 12.3 Å². The van der Waals surface area contributed by atoms with E-state index in [1.807, 2.05) is 42.6 Å². The smallest absolute Gasteiger partial charge is 0.230 e. The lowest BCUT2D eigenvalue weighted by atomic mass is 10.2. The molecule has 2 N–H and O–H groups in total. The van der Waals surface area contributed by atoms with Gasteiger partial charge in [0.15, 0.2) is 4.34 Å². The van der Waals surface area contributed by atoms with Crippen LogP contribution in [-0.2, 0) is 11.2 Å². The van der Waals surface area contributed by atoms with E-state index in [0.717, 1.165) is 27.1 Å². The van der Waals surface area contributed by atoms with Crippen LogP contribution in [0.1, 0.15) is 10.4 Å².